The van der Waals surface area contributed by atoms with E-state index in [0.717, 1.165) is 49.2 Å². The zero-order chi connectivity index (χ0) is 23.8. The molecule has 0 bridgehead atoms. The maximum Gasteiger partial charge on any atom is 0.142 e. The maximum atomic E-state index is 6.04. The van der Waals surface area contributed by atoms with Crippen molar-refractivity contribution in [2.75, 3.05) is 13.5 Å². The van der Waals surface area contributed by atoms with Crippen molar-refractivity contribution < 1.29 is 18.3 Å². The Morgan fingerprint density at radius 3 is 1.60 bits per heavy atom. The number of benzene rings is 2. The minimum Gasteiger partial charge on any atom is -0.478 e. The predicted octanol–water partition coefficient (Wildman–Crippen LogP) is 5.90. The van der Waals surface area contributed by atoms with Crippen LogP contribution in [0.25, 0.3) is 0 Å². The van der Waals surface area contributed by atoms with E-state index in [9.17, 15) is 0 Å². The SMILES string of the molecule is CC(C)(c1ccc2c(c1)CN(Cc1ccco1)CO2)c1ccc2c(c1)CN(Cc1ccco1)CO2. The minimum absolute atomic E-state index is 0.170. The summed E-state index contributed by atoms with van der Waals surface area (Å²) in [5, 5.41) is 0. The van der Waals surface area contributed by atoms with Gasteiger partial charge in [0.1, 0.15) is 36.5 Å². The Labute approximate surface area is 205 Å². The van der Waals surface area contributed by atoms with Gasteiger partial charge < -0.3 is 18.3 Å². The first-order valence-electron chi connectivity index (χ1n) is 12.1. The summed E-state index contributed by atoms with van der Waals surface area (Å²) in [5.74, 6) is 3.83. The van der Waals surface area contributed by atoms with Crippen molar-refractivity contribution in [2.45, 2.75) is 45.4 Å². The number of hydrogen-bond donors (Lipinski definition) is 0. The normalized spacial score (nSPS) is 16.3. The van der Waals surface area contributed by atoms with E-state index in [4.69, 9.17) is 18.3 Å². The van der Waals surface area contributed by atoms with E-state index < -0.39 is 0 Å². The molecule has 6 nitrogen and oxygen atoms in total. The van der Waals surface area contributed by atoms with Crippen LogP contribution in [-0.4, -0.2) is 23.3 Å². The van der Waals surface area contributed by atoms with Gasteiger partial charge in [-0.1, -0.05) is 26.0 Å². The minimum atomic E-state index is -0.170. The standard InChI is InChI=1S/C29H30N2O4/c1-29(2,23-7-9-27-21(13-23)15-30(19-34-27)17-25-5-3-11-32-25)24-8-10-28-22(14-24)16-31(20-35-28)18-26-6-4-12-33-26/h3-14H,15-20H2,1-2H3. The first-order chi connectivity index (χ1) is 17.0. The van der Waals surface area contributed by atoms with Crippen molar-refractivity contribution in [3.63, 3.8) is 0 Å². The fourth-order valence-corrected chi connectivity index (χ4v) is 4.98. The largest absolute Gasteiger partial charge is 0.478 e. The van der Waals surface area contributed by atoms with Crippen LogP contribution in [0.4, 0.5) is 0 Å². The highest BCUT2D eigenvalue weighted by molar-refractivity contribution is 5.48. The lowest BCUT2D eigenvalue weighted by Gasteiger charge is -2.33. The van der Waals surface area contributed by atoms with Crippen LogP contribution in [0.5, 0.6) is 11.5 Å². The van der Waals surface area contributed by atoms with E-state index in [1.807, 2.05) is 24.3 Å². The second-order valence-corrected chi connectivity index (χ2v) is 9.95. The monoisotopic (exact) mass is 470 g/mol. The molecule has 6 rings (SSSR count). The van der Waals surface area contributed by atoms with E-state index in [2.05, 4.69) is 60.0 Å². The summed E-state index contributed by atoms with van der Waals surface area (Å²) in [6.07, 6.45) is 3.43. The highest BCUT2D eigenvalue weighted by atomic mass is 16.5. The smallest absolute Gasteiger partial charge is 0.142 e. The van der Waals surface area contributed by atoms with Gasteiger partial charge in [-0.15, -0.1) is 0 Å². The molecule has 4 heterocycles. The number of ether oxygens (including phenoxy) is 2. The zero-order valence-electron chi connectivity index (χ0n) is 20.2. The average Bonchev–Trinajstić information content (AvgIpc) is 3.58. The molecule has 0 amide bonds. The molecule has 2 aliphatic heterocycles. The third kappa shape index (κ3) is 4.47. The van der Waals surface area contributed by atoms with Gasteiger partial charge in [0.25, 0.3) is 0 Å². The summed E-state index contributed by atoms with van der Waals surface area (Å²) in [6.45, 7) is 8.83. The lowest BCUT2D eigenvalue weighted by Crippen LogP contribution is -2.32. The van der Waals surface area contributed by atoms with Gasteiger partial charge in [-0.25, -0.2) is 0 Å². The summed E-state index contributed by atoms with van der Waals surface area (Å²) in [7, 11) is 0. The molecule has 0 fully saturated rings. The first-order valence-corrected chi connectivity index (χ1v) is 12.1. The summed E-state index contributed by atoms with van der Waals surface area (Å²) >= 11 is 0. The van der Waals surface area contributed by atoms with Crippen molar-refractivity contribution in [2.24, 2.45) is 0 Å². The van der Waals surface area contributed by atoms with Crippen LogP contribution < -0.4 is 9.47 Å². The van der Waals surface area contributed by atoms with Gasteiger partial charge in [-0.3, -0.25) is 9.80 Å². The molecule has 35 heavy (non-hydrogen) atoms. The lowest BCUT2D eigenvalue weighted by atomic mass is 9.77. The average molecular weight is 471 g/mol. The van der Waals surface area contributed by atoms with Crippen LogP contribution in [0, 0.1) is 0 Å². The summed E-state index contributed by atoms with van der Waals surface area (Å²) in [4.78, 5) is 4.50. The maximum absolute atomic E-state index is 6.04. The second-order valence-electron chi connectivity index (χ2n) is 9.95. The summed E-state index contributed by atoms with van der Waals surface area (Å²) in [6, 6.07) is 21.1. The van der Waals surface area contributed by atoms with Crippen molar-refractivity contribution in [3.05, 3.63) is 107 Å². The molecular formula is C29H30N2O4. The van der Waals surface area contributed by atoms with Crippen molar-refractivity contribution in [3.8, 4) is 11.5 Å². The molecule has 180 valence electrons. The third-order valence-electron chi connectivity index (χ3n) is 7.08. The van der Waals surface area contributed by atoms with Crippen molar-refractivity contribution >= 4 is 0 Å². The van der Waals surface area contributed by atoms with Gasteiger partial charge in [-0.2, -0.15) is 0 Å². The Hall–Kier alpha value is -3.48. The molecule has 6 heteroatoms. The van der Waals surface area contributed by atoms with Gasteiger partial charge >= 0.3 is 0 Å². The Bertz CT molecular complexity index is 1190. The molecule has 2 aromatic carbocycles. The van der Waals surface area contributed by atoms with Gasteiger partial charge in [0.05, 0.1) is 25.6 Å². The molecule has 0 saturated carbocycles. The van der Waals surface area contributed by atoms with Crippen molar-refractivity contribution in [1.29, 1.82) is 0 Å². The molecule has 0 spiro atoms. The fourth-order valence-electron chi connectivity index (χ4n) is 4.98. The van der Waals surface area contributed by atoms with Crippen LogP contribution in [0.3, 0.4) is 0 Å². The number of nitrogens with zero attached hydrogens (tertiary/aromatic N) is 2. The number of fused-ring (bicyclic) bond motifs is 2. The van der Waals surface area contributed by atoms with Gasteiger partial charge in [0.2, 0.25) is 0 Å². The Balaban J connectivity index is 1.22. The quantitative estimate of drug-likeness (QED) is 0.350. The molecular weight excluding hydrogens is 440 g/mol. The molecule has 0 saturated heterocycles. The van der Waals surface area contributed by atoms with Crippen molar-refractivity contribution in [1.82, 2.24) is 9.80 Å². The molecule has 4 aromatic rings. The molecule has 0 aliphatic carbocycles. The molecule has 0 atom stereocenters. The van der Waals surface area contributed by atoms with Crippen LogP contribution in [0.2, 0.25) is 0 Å². The van der Waals surface area contributed by atoms with E-state index in [-0.39, 0.29) is 5.41 Å². The molecule has 2 aliphatic rings. The zero-order valence-corrected chi connectivity index (χ0v) is 20.2. The van der Waals surface area contributed by atoms with E-state index in [1.54, 1.807) is 12.5 Å². The van der Waals surface area contributed by atoms with E-state index in [1.165, 1.54) is 22.3 Å². The van der Waals surface area contributed by atoms with E-state index >= 15 is 0 Å². The third-order valence-corrected chi connectivity index (χ3v) is 7.08. The summed E-state index contributed by atoms with van der Waals surface area (Å²) in [5.41, 5.74) is 4.78. The highest BCUT2D eigenvalue weighted by Gasteiger charge is 2.28. The van der Waals surface area contributed by atoms with Gasteiger partial charge in [0.15, 0.2) is 0 Å². The summed E-state index contributed by atoms with van der Waals surface area (Å²) < 4.78 is 23.1. The number of furan rings is 2. The topological polar surface area (TPSA) is 51.2 Å². The Morgan fingerprint density at radius 2 is 1.17 bits per heavy atom. The molecule has 0 unspecified atom stereocenters. The van der Waals surface area contributed by atoms with Gasteiger partial charge in [0, 0.05) is 29.6 Å². The lowest BCUT2D eigenvalue weighted by molar-refractivity contribution is 0.0821. The van der Waals surface area contributed by atoms with E-state index in [0.29, 0.717) is 13.5 Å². The van der Waals surface area contributed by atoms with Crippen LogP contribution >= 0.6 is 0 Å². The number of hydrogen-bond acceptors (Lipinski definition) is 6. The number of rotatable bonds is 6. The molecule has 0 radical (unpaired) electrons. The van der Waals surface area contributed by atoms with Crippen LogP contribution in [0.1, 0.15) is 47.6 Å². The van der Waals surface area contributed by atoms with Crippen LogP contribution in [-0.2, 0) is 31.6 Å². The highest BCUT2D eigenvalue weighted by Crippen LogP contribution is 2.38. The Morgan fingerprint density at radius 1 is 0.686 bits per heavy atom. The van der Waals surface area contributed by atoms with Crippen LogP contribution in [0.15, 0.2) is 82.0 Å². The molecule has 2 aromatic heterocycles. The first kappa shape index (κ1) is 22.0. The van der Waals surface area contributed by atoms with Gasteiger partial charge in [-0.05, 0) is 59.7 Å². The predicted molar refractivity (Wildman–Crippen MR) is 132 cm³/mol. The fraction of sp³-hybridized carbons (Fsp3) is 0.310. The Kier molecular flexibility index (Phi) is 5.63. The second kappa shape index (κ2) is 8.95. The molecule has 0 N–H and O–H groups in total.